The van der Waals surface area contributed by atoms with Crippen LogP contribution in [0.5, 0.6) is 0 Å². The second kappa shape index (κ2) is 7.11. The second-order valence-corrected chi connectivity index (χ2v) is 6.88. The first-order valence-electron chi connectivity index (χ1n) is 7.52. The van der Waals surface area contributed by atoms with Crippen LogP contribution in [0, 0.1) is 16.7 Å². The van der Waals surface area contributed by atoms with E-state index in [-0.39, 0.29) is 18.0 Å². The molecule has 0 spiro atoms. The molecule has 0 aromatic rings. The van der Waals surface area contributed by atoms with Crippen LogP contribution in [-0.4, -0.2) is 43.4 Å². The van der Waals surface area contributed by atoms with Crippen molar-refractivity contribution < 1.29 is 19.4 Å². The SMILES string of the molecule is CC(C)C(C)(C)CNC(=O)NCC1(C(=O)O)CCOCC1. The Morgan fingerprint density at radius 3 is 2.29 bits per heavy atom. The van der Waals surface area contributed by atoms with Crippen LogP contribution in [0.3, 0.4) is 0 Å². The van der Waals surface area contributed by atoms with Crippen LogP contribution in [0.1, 0.15) is 40.5 Å². The van der Waals surface area contributed by atoms with Gasteiger partial charge in [0.05, 0.1) is 5.41 Å². The van der Waals surface area contributed by atoms with Crippen LogP contribution in [0.4, 0.5) is 4.79 Å². The highest BCUT2D eigenvalue weighted by Crippen LogP contribution is 2.30. The average Bonchev–Trinajstić information content (AvgIpc) is 2.43. The molecule has 1 heterocycles. The van der Waals surface area contributed by atoms with Gasteiger partial charge in [0.2, 0.25) is 0 Å². The summed E-state index contributed by atoms with van der Waals surface area (Å²) in [4.78, 5) is 23.3. The zero-order valence-corrected chi connectivity index (χ0v) is 13.5. The van der Waals surface area contributed by atoms with Crippen molar-refractivity contribution in [1.29, 1.82) is 0 Å². The van der Waals surface area contributed by atoms with Crippen molar-refractivity contribution in [2.45, 2.75) is 40.5 Å². The zero-order valence-electron chi connectivity index (χ0n) is 13.5. The summed E-state index contributed by atoms with van der Waals surface area (Å²) in [6.45, 7) is 9.96. The minimum atomic E-state index is -0.900. The van der Waals surface area contributed by atoms with Gasteiger partial charge in [-0.1, -0.05) is 27.7 Å². The van der Waals surface area contributed by atoms with E-state index in [1.165, 1.54) is 0 Å². The van der Waals surface area contributed by atoms with E-state index in [4.69, 9.17) is 4.74 Å². The van der Waals surface area contributed by atoms with Gasteiger partial charge in [-0.25, -0.2) is 4.79 Å². The normalized spacial score (nSPS) is 18.3. The molecule has 21 heavy (non-hydrogen) atoms. The number of carboxylic acids is 1. The van der Waals surface area contributed by atoms with Gasteiger partial charge in [0.15, 0.2) is 0 Å². The van der Waals surface area contributed by atoms with Gasteiger partial charge in [-0.2, -0.15) is 0 Å². The van der Waals surface area contributed by atoms with Gasteiger partial charge in [0, 0.05) is 26.3 Å². The van der Waals surface area contributed by atoms with Crippen molar-refractivity contribution in [2.75, 3.05) is 26.3 Å². The minimum Gasteiger partial charge on any atom is -0.481 e. The van der Waals surface area contributed by atoms with E-state index in [0.29, 0.717) is 38.5 Å². The zero-order chi connectivity index (χ0) is 16.1. The van der Waals surface area contributed by atoms with Gasteiger partial charge in [-0.15, -0.1) is 0 Å². The van der Waals surface area contributed by atoms with Crippen LogP contribution in [0.25, 0.3) is 0 Å². The number of carbonyl (C=O) groups is 2. The molecule has 1 saturated heterocycles. The van der Waals surface area contributed by atoms with E-state index in [1.807, 2.05) is 0 Å². The summed E-state index contributed by atoms with van der Waals surface area (Å²) in [7, 11) is 0. The average molecular weight is 300 g/mol. The minimum absolute atomic E-state index is 0.000500. The molecule has 1 aliphatic rings. The Morgan fingerprint density at radius 2 is 1.81 bits per heavy atom. The van der Waals surface area contributed by atoms with Gasteiger partial charge < -0.3 is 20.5 Å². The van der Waals surface area contributed by atoms with E-state index in [9.17, 15) is 14.7 Å². The molecule has 1 rings (SSSR count). The molecule has 3 N–H and O–H groups in total. The highest BCUT2D eigenvalue weighted by molar-refractivity contribution is 5.78. The predicted octanol–water partition coefficient (Wildman–Crippen LogP) is 1.85. The molecule has 6 nitrogen and oxygen atoms in total. The van der Waals surface area contributed by atoms with Crippen LogP contribution in [0.2, 0.25) is 0 Å². The maximum atomic E-state index is 11.9. The molecular formula is C15H28N2O4. The lowest BCUT2D eigenvalue weighted by Crippen LogP contribution is -2.50. The van der Waals surface area contributed by atoms with Gasteiger partial charge in [-0.3, -0.25) is 4.79 Å². The maximum Gasteiger partial charge on any atom is 0.314 e. The summed E-state index contributed by atoms with van der Waals surface area (Å²) in [6.07, 6.45) is 0.861. The number of hydrogen-bond donors (Lipinski definition) is 3. The monoisotopic (exact) mass is 300 g/mol. The molecule has 0 bridgehead atoms. The van der Waals surface area contributed by atoms with E-state index >= 15 is 0 Å². The largest absolute Gasteiger partial charge is 0.481 e. The molecule has 1 aliphatic heterocycles. The molecule has 0 aliphatic carbocycles. The summed E-state index contributed by atoms with van der Waals surface area (Å²) < 4.78 is 5.21. The number of rotatable bonds is 6. The lowest BCUT2D eigenvalue weighted by molar-refractivity contribution is -0.154. The Bertz CT molecular complexity index is 374. The van der Waals surface area contributed by atoms with E-state index < -0.39 is 11.4 Å². The van der Waals surface area contributed by atoms with Crippen molar-refractivity contribution in [3.05, 3.63) is 0 Å². The quantitative estimate of drug-likeness (QED) is 0.698. The third kappa shape index (κ3) is 4.88. The highest BCUT2D eigenvalue weighted by Gasteiger charge is 2.40. The number of carbonyl (C=O) groups excluding carboxylic acids is 1. The summed E-state index contributed by atoms with van der Waals surface area (Å²) in [6, 6.07) is -0.309. The second-order valence-electron chi connectivity index (χ2n) is 6.88. The van der Waals surface area contributed by atoms with E-state index in [1.54, 1.807) is 0 Å². The maximum absolute atomic E-state index is 11.9. The molecule has 0 unspecified atom stereocenters. The van der Waals surface area contributed by atoms with Crippen LogP contribution in [0.15, 0.2) is 0 Å². The Morgan fingerprint density at radius 1 is 1.24 bits per heavy atom. The van der Waals surface area contributed by atoms with Gasteiger partial charge in [-0.05, 0) is 24.2 Å². The number of aliphatic carboxylic acids is 1. The van der Waals surface area contributed by atoms with E-state index in [0.717, 1.165) is 0 Å². The number of carboxylic acid groups (broad SMARTS) is 1. The van der Waals surface area contributed by atoms with Crippen molar-refractivity contribution in [2.24, 2.45) is 16.7 Å². The number of urea groups is 1. The third-order valence-electron chi connectivity index (χ3n) is 4.76. The highest BCUT2D eigenvalue weighted by atomic mass is 16.5. The van der Waals surface area contributed by atoms with Crippen molar-refractivity contribution in [3.8, 4) is 0 Å². The van der Waals surface area contributed by atoms with Crippen LogP contribution < -0.4 is 10.6 Å². The summed E-state index contributed by atoms with van der Waals surface area (Å²) in [5.41, 5.74) is -0.899. The first kappa shape index (κ1) is 17.8. The van der Waals surface area contributed by atoms with Crippen molar-refractivity contribution in [1.82, 2.24) is 10.6 Å². The van der Waals surface area contributed by atoms with Crippen molar-refractivity contribution in [3.63, 3.8) is 0 Å². The first-order chi connectivity index (χ1) is 9.69. The smallest absolute Gasteiger partial charge is 0.314 e. The summed E-state index contributed by atoms with van der Waals surface area (Å²) in [5, 5.41) is 14.9. The number of hydrogen-bond acceptors (Lipinski definition) is 3. The third-order valence-corrected chi connectivity index (χ3v) is 4.76. The molecule has 122 valence electrons. The molecular weight excluding hydrogens is 272 g/mol. The Labute approximate surface area is 126 Å². The number of amides is 2. The summed E-state index contributed by atoms with van der Waals surface area (Å²) in [5.74, 6) is -0.424. The van der Waals surface area contributed by atoms with Crippen molar-refractivity contribution >= 4 is 12.0 Å². The molecule has 0 saturated carbocycles. The van der Waals surface area contributed by atoms with Crippen LogP contribution in [-0.2, 0) is 9.53 Å². The molecule has 6 heteroatoms. The fraction of sp³-hybridized carbons (Fsp3) is 0.867. The molecule has 0 aromatic carbocycles. The summed E-state index contributed by atoms with van der Waals surface area (Å²) >= 11 is 0. The lowest BCUT2D eigenvalue weighted by atomic mass is 9.80. The lowest BCUT2D eigenvalue weighted by Gasteiger charge is -2.33. The molecule has 0 radical (unpaired) electrons. The fourth-order valence-electron chi connectivity index (χ4n) is 2.05. The number of nitrogens with one attached hydrogen (secondary N) is 2. The molecule has 1 fully saturated rings. The first-order valence-corrected chi connectivity index (χ1v) is 7.52. The predicted molar refractivity (Wildman–Crippen MR) is 80.1 cm³/mol. The molecule has 0 aromatic heterocycles. The topological polar surface area (TPSA) is 87.7 Å². The van der Waals surface area contributed by atoms with Crippen LogP contribution >= 0.6 is 0 Å². The van der Waals surface area contributed by atoms with Gasteiger partial charge in [0.1, 0.15) is 0 Å². The molecule has 0 atom stereocenters. The standard InChI is InChI=1S/C15H28N2O4/c1-11(2)14(3,4)9-16-13(20)17-10-15(12(18)19)5-7-21-8-6-15/h11H,5-10H2,1-4H3,(H,18,19)(H2,16,17,20). The molecule has 2 amide bonds. The Hall–Kier alpha value is -1.30. The van der Waals surface area contributed by atoms with Gasteiger partial charge >= 0.3 is 12.0 Å². The Balaban J connectivity index is 2.46. The van der Waals surface area contributed by atoms with E-state index in [2.05, 4.69) is 38.3 Å². The van der Waals surface area contributed by atoms with Gasteiger partial charge in [0.25, 0.3) is 0 Å². The number of ether oxygens (including phenoxy) is 1. The fourth-order valence-corrected chi connectivity index (χ4v) is 2.05. The Kier molecular flexibility index (Phi) is 6.01.